The van der Waals surface area contributed by atoms with Gasteiger partial charge in [0.05, 0.1) is 25.8 Å². The van der Waals surface area contributed by atoms with Crippen LogP contribution in [0.25, 0.3) is 10.9 Å². The Hall–Kier alpha value is -2.53. The molecule has 0 atom stereocenters. The highest BCUT2D eigenvalue weighted by molar-refractivity contribution is 5.88. The van der Waals surface area contributed by atoms with Crippen molar-refractivity contribution in [2.24, 2.45) is 0 Å². The van der Waals surface area contributed by atoms with Crippen LogP contribution >= 0.6 is 0 Å². The number of furan rings is 1. The summed E-state index contributed by atoms with van der Waals surface area (Å²) >= 11 is 0. The molecule has 2 aromatic heterocycles. The van der Waals surface area contributed by atoms with Gasteiger partial charge in [0.25, 0.3) is 0 Å². The fourth-order valence-electron chi connectivity index (χ4n) is 2.64. The summed E-state index contributed by atoms with van der Waals surface area (Å²) in [5, 5.41) is 1.09. The summed E-state index contributed by atoms with van der Waals surface area (Å²) in [4.78, 5) is 17.7. The minimum atomic E-state index is 0.0585. The number of ether oxygens (including phenoxy) is 1. The van der Waals surface area contributed by atoms with Gasteiger partial charge in [-0.05, 0) is 23.8 Å². The molecule has 3 aromatic rings. The van der Waals surface area contributed by atoms with Gasteiger partial charge in [-0.15, -0.1) is 0 Å². The minimum Gasteiger partial charge on any atom is -0.467 e. The zero-order valence-corrected chi connectivity index (χ0v) is 13.1. The van der Waals surface area contributed by atoms with Gasteiger partial charge in [0, 0.05) is 30.8 Å². The third kappa shape index (κ3) is 3.63. The maximum Gasteiger partial charge on any atom is 0.227 e. The molecule has 0 radical (unpaired) electrons. The molecule has 0 unspecified atom stereocenters. The predicted octanol–water partition coefficient (Wildman–Crippen LogP) is 2.98. The molecule has 0 saturated carbocycles. The fraction of sp³-hybridized carbons (Fsp3) is 0.278. The van der Waals surface area contributed by atoms with Crippen molar-refractivity contribution in [2.75, 3.05) is 20.3 Å². The Morgan fingerprint density at radius 3 is 2.91 bits per heavy atom. The van der Waals surface area contributed by atoms with Gasteiger partial charge < -0.3 is 19.0 Å². The van der Waals surface area contributed by atoms with E-state index >= 15 is 0 Å². The van der Waals surface area contributed by atoms with E-state index in [1.54, 1.807) is 18.3 Å². The van der Waals surface area contributed by atoms with Crippen molar-refractivity contribution in [2.45, 2.75) is 13.0 Å². The number of H-pyrrole nitrogens is 1. The summed E-state index contributed by atoms with van der Waals surface area (Å²) in [6.07, 6.45) is 3.88. The van der Waals surface area contributed by atoms with Crippen LogP contribution in [0.3, 0.4) is 0 Å². The van der Waals surface area contributed by atoms with Crippen LogP contribution in [0.2, 0.25) is 0 Å². The number of methoxy groups -OCH3 is 1. The van der Waals surface area contributed by atoms with Crippen LogP contribution in [0.4, 0.5) is 0 Å². The highest BCUT2D eigenvalue weighted by atomic mass is 16.5. The van der Waals surface area contributed by atoms with Crippen molar-refractivity contribution < 1.29 is 13.9 Å². The molecule has 0 bridgehead atoms. The van der Waals surface area contributed by atoms with E-state index < -0.39 is 0 Å². The van der Waals surface area contributed by atoms with Crippen LogP contribution < -0.4 is 0 Å². The number of para-hydroxylation sites is 1. The Labute approximate surface area is 134 Å². The summed E-state index contributed by atoms with van der Waals surface area (Å²) in [6.45, 7) is 1.50. The van der Waals surface area contributed by atoms with Crippen LogP contribution in [0.1, 0.15) is 11.3 Å². The lowest BCUT2D eigenvalue weighted by atomic mass is 10.1. The first-order valence-electron chi connectivity index (χ1n) is 7.62. The average Bonchev–Trinajstić information content (AvgIpc) is 3.21. The predicted molar refractivity (Wildman–Crippen MR) is 88.0 cm³/mol. The number of hydrogen-bond donors (Lipinski definition) is 1. The SMILES string of the molecule is COCCN(Cc1ccco1)C(=O)Cc1c[nH]c2ccccc12. The fourth-order valence-corrected chi connectivity index (χ4v) is 2.64. The first kappa shape index (κ1) is 15.4. The number of nitrogens with zero attached hydrogens (tertiary/aromatic N) is 1. The van der Waals surface area contributed by atoms with Gasteiger partial charge in [-0.25, -0.2) is 0 Å². The van der Waals surface area contributed by atoms with E-state index in [-0.39, 0.29) is 5.91 Å². The maximum atomic E-state index is 12.7. The molecule has 120 valence electrons. The maximum absolute atomic E-state index is 12.7. The zero-order valence-electron chi connectivity index (χ0n) is 13.1. The van der Waals surface area contributed by atoms with Gasteiger partial charge in [-0.3, -0.25) is 4.79 Å². The number of carbonyl (C=O) groups is 1. The molecule has 3 rings (SSSR count). The molecule has 5 heteroatoms. The van der Waals surface area contributed by atoms with Gasteiger partial charge in [0.15, 0.2) is 0 Å². The van der Waals surface area contributed by atoms with Crippen LogP contribution in [-0.4, -0.2) is 36.1 Å². The van der Waals surface area contributed by atoms with Gasteiger partial charge in [0.1, 0.15) is 5.76 Å². The molecule has 0 aliphatic rings. The summed E-state index contributed by atoms with van der Waals surface area (Å²) in [6, 6.07) is 11.7. The molecule has 0 saturated heterocycles. The van der Waals surface area contributed by atoms with Crippen molar-refractivity contribution in [1.29, 1.82) is 0 Å². The molecule has 1 N–H and O–H groups in total. The van der Waals surface area contributed by atoms with E-state index in [2.05, 4.69) is 4.98 Å². The average molecular weight is 312 g/mol. The number of aromatic amines is 1. The lowest BCUT2D eigenvalue weighted by molar-refractivity contribution is -0.132. The molecule has 23 heavy (non-hydrogen) atoms. The number of amides is 1. The molecular formula is C18H20N2O3. The molecule has 0 spiro atoms. The molecule has 2 heterocycles. The molecule has 0 fully saturated rings. The summed E-state index contributed by atoms with van der Waals surface area (Å²) in [5.41, 5.74) is 2.05. The highest BCUT2D eigenvalue weighted by Crippen LogP contribution is 2.19. The zero-order chi connectivity index (χ0) is 16.1. The Morgan fingerprint density at radius 1 is 1.26 bits per heavy atom. The van der Waals surface area contributed by atoms with E-state index in [0.29, 0.717) is 26.1 Å². The van der Waals surface area contributed by atoms with Crippen LogP contribution in [0, 0.1) is 0 Å². The normalized spacial score (nSPS) is 11.0. The quantitative estimate of drug-likeness (QED) is 0.729. The van der Waals surface area contributed by atoms with Crippen LogP contribution in [0.5, 0.6) is 0 Å². The number of carbonyl (C=O) groups excluding carboxylic acids is 1. The van der Waals surface area contributed by atoms with Crippen LogP contribution in [0.15, 0.2) is 53.3 Å². The van der Waals surface area contributed by atoms with Gasteiger partial charge in [0.2, 0.25) is 5.91 Å². The highest BCUT2D eigenvalue weighted by Gasteiger charge is 2.17. The molecular weight excluding hydrogens is 292 g/mol. The monoisotopic (exact) mass is 312 g/mol. The Morgan fingerprint density at radius 2 is 2.13 bits per heavy atom. The molecule has 1 amide bonds. The first-order chi connectivity index (χ1) is 11.3. The largest absolute Gasteiger partial charge is 0.467 e. The number of aromatic nitrogens is 1. The van der Waals surface area contributed by atoms with Crippen LogP contribution in [-0.2, 0) is 22.5 Å². The second-order valence-corrected chi connectivity index (χ2v) is 5.42. The van der Waals surface area contributed by atoms with E-state index in [9.17, 15) is 4.79 Å². The first-order valence-corrected chi connectivity index (χ1v) is 7.62. The number of nitrogens with one attached hydrogen (secondary N) is 1. The third-order valence-corrected chi connectivity index (χ3v) is 3.86. The molecule has 0 aliphatic heterocycles. The molecule has 5 nitrogen and oxygen atoms in total. The van der Waals surface area contributed by atoms with E-state index in [1.165, 1.54) is 0 Å². The van der Waals surface area contributed by atoms with Crippen molar-refractivity contribution >= 4 is 16.8 Å². The second-order valence-electron chi connectivity index (χ2n) is 5.42. The summed E-state index contributed by atoms with van der Waals surface area (Å²) in [5.74, 6) is 0.830. The second kappa shape index (κ2) is 7.15. The number of rotatable bonds is 7. The van der Waals surface area contributed by atoms with Crippen molar-refractivity contribution in [3.8, 4) is 0 Å². The summed E-state index contributed by atoms with van der Waals surface area (Å²) in [7, 11) is 1.63. The lowest BCUT2D eigenvalue weighted by Crippen LogP contribution is -2.34. The Bertz CT molecular complexity index is 762. The van der Waals surface area contributed by atoms with E-state index in [4.69, 9.17) is 9.15 Å². The van der Waals surface area contributed by atoms with Gasteiger partial charge >= 0.3 is 0 Å². The van der Waals surface area contributed by atoms with E-state index in [0.717, 1.165) is 22.2 Å². The Balaban J connectivity index is 1.74. The number of hydrogen-bond acceptors (Lipinski definition) is 3. The molecule has 1 aromatic carbocycles. The third-order valence-electron chi connectivity index (χ3n) is 3.86. The lowest BCUT2D eigenvalue weighted by Gasteiger charge is -2.21. The summed E-state index contributed by atoms with van der Waals surface area (Å²) < 4.78 is 10.5. The number of benzene rings is 1. The van der Waals surface area contributed by atoms with Crippen molar-refractivity contribution in [3.05, 3.63) is 60.2 Å². The minimum absolute atomic E-state index is 0.0585. The standard InChI is InChI=1S/C18H20N2O3/c1-22-10-8-20(13-15-5-4-9-23-15)18(21)11-14-12-19-17-7-3-2-6-16(14)17/h2-7,9,12,19H,8,10-11,13H2,1H3. The Kier molecular flexibility index (Phi) is 4.78. The topological polar surface area (TPSA) is 58.5 Å². The van der Waals surface area contributed by atoms with E-state index in [1.807, 2.05) is 42.6 Å². The van der Waals surface area contributed by atoms with Crippen molar-refractivity contribution in [3.63, 3.8) is 0 Å². The number of fused-ring (bicyclic) bond motifs is 1. The smallest absolute Gasteiger partial charge is 0.227 e. The van der Waals surface area contributed by atoms with Crippen molar-refractivity contribution in [1.82, 2.24) is 9.88 Å². The molecule has 0 aliphatic carbocycles. The van der Waals surface area contributed by atoms with Gasteiger partial charge in [-0.1, -0.05) is 18.2 Å². The van der Waals surface area contributed by atoms with Gasteiger partial charge in [-0.2, -0.15) is 0 Å².